The van der Waals surface area contributed by atoms with E-state index >= 15 is 0 Å². The average Bonchev–Trinajstić information content (AvgIpc) is 2.55. The first kappa shape index (κ1) is 16.2. The number of aliphatic hydroxyl groups excluding tert-OH is 1. The van der Waals surface area contributed by atoms with Crippen molar-refractivity contribution in [2.24, 2.45) is 0 Å². The van der Waals surface area contributed by atoms with Gasteiger partial charge in [-0.2, -0.15) is 0 Å². The van der Waals surface area contributed by atoms with E-state index in [9.17, 15) is 9.90 Å². The number of carbonyl (C=O) groups is 1. The Balaban J connectivity index is 1.75. The standard InChI is InChI=1S/C18H22N2O2/c1-14(17(21)12-15-6-3-2-4-7-15)20-18(22)10-9-16-8-5-11-19-13-16/h2-8,11,13-14,17,21H,9-10,12H2,1H3,(H,20,22). The molecule has 2 unspecified atom stereocenters. The summed E-state index contributed by atoms with van der Waals surface area (Å²) in [5.41, 5.74) is 2.10. The zero-order chi connectivity index (χ0) is 15.8. The number of nitrogens with zero attached hydrogens (tertiary/aromatic N) is 1. The Hall–Kier alpha value is -2.20. The molecule has 2 atom stereocenters. The van der Waals surface area contributed by atoms with Crippen LogP contribution in [0.4, 0.5) is 0 Å². The van der Waals surface area contributed by atoms with Crippen molar-refractivity contribution in [3.63, 3.8) is 0 Å². The third-order valence-electron chi connectivity index (χ3n) is 3.62. The molecule has 2 N–H and O–H groups in total. The molecule has 1 heterocycles. The molecule has 22 heavy (non-hydrogen) atoms. The van der Waals surface area contributed by atoms with Crippen molar-refractivity contribution in [3.05, 3.63) is 66.0 Å². The zero-order valence-electron chi connectivity index (χ0n) is 12.8. The smallest absolute Gasteiger partial charge is 0.220 e. The normalized spacial score (nSPS) is 13.4. The number of aromatic nitrogens is 1. The molecular weight excluding hydrogens is 276 g/mol. The lowest BCUT2D eigenvalue weighted by Gasteiger charge is -2.20. The highest BCUT2D eigenvalue weighted by atomic mass is 16.3. The fourth-order valence-electron chi connectivity index (χ4n) is 2.26. The molecule has 0 saturated heterocycles. The molecule has 2 rings (SSSR count). The first-order valence-corrected chi connectivity index (χ1v) is 7.55. The van der Waals surface area contributed by atoms with Crippen LogP contribution in [0.5, 0.6) is 0 Å². The number of nitrogens with one attached hydrogen (secondary N) is 1. The van der Waals surface area contributed by atoms with Gasteiger partial charge >= 0.3 is 0 Å². The Kier molecular flexibility index (Phi) is 6.10. The SMILES string of the molecule is CC(NC(=O)CCc1cccnc1)C(O)Cc1ccccc1. The van der Waals surface area contributed by atoms with Gasteiger partial charge in [-0.15, -0.1) is 0 Å². The summed E-state index contributed by atoms with van der Waals surface area (Å²) in [4.78, 5) is 16.0. The van der Waals surface area contributed by atoms with E-state index in [1.165, 1.54) is 0 Å². The van der Waals surface area contributed by atoms with Gasteiger partial charge in [-0.05, 0) is 30.5 Å². The average molecular weight is 298 g/mol. The highest BCUT2D eigenvalue weighted by molar-refractivity contribution is 5.76. The maximum Gasteiger partial charge on any atom is 0.220 e. The van der Waals surface area contributed by atoms with Crippen molar-refractivity contribution < 1.29 is 9.90 Å². The number of pyridine rings is 1. The fourth-order valence-corrected chi connectivity index (χ4v) is 2.26. The Morgan fingerprint density at radius 3 is 2.59 bits per heavy atom. The van der Waals surface area contributed by atoms with Gasteiger partial charge in [-0.1, -0.05) is 36.4 Å². The Labute approximate surface area is 131 Å². The van der Waals surface area contributed by atoms with Crippen molar-refractivity contribution in [1.29, 1.82) is 0 Å². The van der Waals surface area contributed by atoms with Crippen LogP contribution < -0.4 is 5.32 Å². The number of amides is 1. The quantitative estimate of drug-likeness (QED) is 0.823. The molecule has 1 aromatic heterocycles. The van der Waals surface area contributed by atoms with Crippen molar-refractivity contribution in [2.75, 3.05) is 0 Å². The number of hydrogen-bond donors (Lipinski definition) is 2. The monoisotopic (exact) mass is 298 g/mol. The molecule has 4 heteroatoms. The van der Waals surface area contributed by atoms with Gasteiger partial charge in [-0.25, -0.2) is 0 Å². The van der Waals surface area contributed by atoms with Crippen LogP contribution in [-0.2, 0) is 17.6 Å². The van der Waals surface area contributed by atoms with Crippen molar-refractivity contribution in [1.82, 2.24) is 10.3 Å². The van der Waals surface area contributed by atoms with E-state index in [4.69, 9.17) is 0 Å². The molecule has 0 spiro atoms. The second-order valence-electron chi connectivity index (χ2n) is 5.47. The van der Waals surface area contributed by atoms with E-state index in [-0.39, 0.29) is 11.9 Å². The topological polar surface area (TPSA) is 62.2 Å². The molecule has 116 valence electrons. The van der Waals surface area contributed by atoms with Crippen LogP contribution >= 0.6 is 0 Å². The molecular formula is C18H22N2O2. The number of rotatable bonds is 7. The third kappa shape index (κ3) is 5.30. The van der Waals surface area contributed by atoms with Gasteiger partial charge in [-0.3, -0.25) is 9.78 Å². The summed E-state index contributed by atoms with van der Waals surface area (Å²) in [7, 11) is 0. The number of aliphatic hydroxyl groups is 1. The summed E-state index contributed by atoms with van der Waals surface area (Å²) in [6.07, 6.45) is 4.47. The molecule has 1 aromatic carbocycles. The molecule has 0 saturated carbocycles. The van der Waals surface area contributed by atoms with Gasteiger partial charge in [0.05, 0.1) is 12.1 Å². The second-order valence-corrected chi connectivity index (χ2v) is 5.47. The molecule has 1 amide bonds. The molecule has 0 aliphatic carbocycles. The van der Waals surface area contributed by atoms with Gasteiger partial charge in [0.15, 0.2) is 0 Å². The van der Waals surface area contributed by atoms with Crippen LogP contribution in [-0.4, -0.2) is 28.1 Å². The predicted octanol–water partition coefficient (Wildman–Crippen LogP) is 2.12. The summed E-state index contributed by atoms with van der Waals surface area (Å²) < 4.78 is 0. The summed E-state index contributed by atoms with van der Waals surface area (Å²) in [5, 5.41) is 13.0. The second kappa shape index (κ2) is 8.29. The molecule has 0 radical (unpaired) electrons. The largest absolute Gasteiger partial charge is 0.391 e. The lowest BCUT2D eigenvalue weighted by Crippen LogP contribution is -2.42. The van der Waals surface area contributed by atoms with Gasteiger partial charge in [0.2, 0.25) is 5.91 Å². The first-order chi connectivity index (χ1) is 10.6. The van der Waals surface area contributed by atoms with Gasteiger partial charge in [0.25, 0.3) is 0 Å². The van der Waals surface area contributed by atoms with Crippen LogP contribution in [0.25, 0.3) is 0 Å². The van der Waals surface area contributed by atoms with E-state index in [2.05, 4.69) is 10.3 Å². The van der Waals surface area contributed by atoms with E-state index in [1.54, 1.807) is 12.4 Å². The van der Waals surface area contributed by atoms with Gasteiger partial charge in [0, 0.05) is 25.2 Å². The Bertz CT molecular complexity index is 572. The highest BCUT2D eigenvalue weighted by Gasteiger charge is 2.16. The number of carbonyl (C=O) groups excluding carboxylic acids is 1. The Morgan fingerprint density at radius 2 is 1.91 bits per heavy atom. The Morgan fingerprint density at radius 1 is 1.18 bits per heavy atom. The summed E-state index contributed by atoms with van der Waals surface area (Å²) in [5.74, 6) is -0.0523. The van der Waals surface area contributed by atoms with Crippen molar-refractivity contribution >= 4 is 5.91 Å². The minimum Gasteiger partial charge on any atom is -0.391 e. The van der Waals surface area contributed by atoms with Crippen LogP contribution in [0.3, 0.4) is 0 Å². The minimum absolute atomic E-state index is 0.0523. The van der Waals surface area contributed by atoms with E-state index in [0.717, 1.165) is 11.1 Å². The van der Waals surface area contributed by atoms with E-state index < -0.39 is 6.10 Å². The van der Waals surface area contributed by atoms with Crippen LogP contribution in [0.2, 0.25) is 0 Å². The van der Waals surface area contributed by atoms with Crippen LogP contribution in [0.1, 0.15) is 24.5 Å². The number of benzene rings is 1. The fraction of sp³-hybridized carbons (Fsp3) is 0.333. The van der Waals surface area contributed by atoms with E-state index in [0.29, 0.717) is 19.3 Å². The summed E-state index contributed by atoms with van der Waals surface area (Å²) >= 11 is 0. The zero-order valence-corrected chi connectivity index (χ0v) is 12.8. The van der Waals surface area contributed by atoms with Gasteiger partial charge in [0.1, 0.15) is 0 Å². The first-order valence-electron chi connectivity index (χ1n) is 7.55. The van der Waals surface area contributed by atoms with E-state index in [1.807, 2.05) is 49.4 Å². The molecule has 0 fully saturated rings. The lowest BCUT2D eigenvalue weighted by molar-refractivity contribution is -0.122. The maximum absolute atomic E-state index is 11.9. The maximum atomic E-state index is 11.9. The lowest BCUT2D eigenvalue weighted by atomic mass is 10.0. The molecule has 0 bridgehead atoms. The summed E-state index contributed by atoms with van der Waals surface area (Å²) in [6, 6.07) is 13.3. The highest BCUT2D eigenvalue weighted by Crippen LogP contribution is 2.07. The third-order valence-corrected chi connectivity index (χ3v) is 3.62. The summed E-state index contributed by atoms with van der Waals surface area (Å²) in [6.45, 7) is 1.83. The minimum atomic E-state index is -0.593. The molecule has 4 nitrogen and oxygen atoms in total. The van der Waals surface area contributed by atoms with Crippen molar-refractivity contribution in [3.8, 4) is 0 Å². The van der Waals surface area contributed by atoms with Crippen LogP contribution in [0.15, 0.2) is 54.9 Å². The number of aryl methyl sites for hydroxylation is 1. The van der Waals surface area contributed by atoms with Crippen LogP contribution in [0, 0.1) is 0 Å². The predicted molar refractivity (Wildman–Crippen MR) is 86.3 cm³/mol. The van der Waals surface area contributed by atoms with Gasteiger partial charge < -0.3 is 10.4 Å². The molecule has 0 aliphatic rings. The molecule has 2 aromatic rings. The number of hydrogen-bond acceptors (Lipinski definition) is 3. The molecule has 0 aliphatic heterocycles. The van der Waals surface area contributed by atoms with Crippen molar-refractivity contribution in [2.45, 2.75) is 38.3 Å².